The van der Waals surface area contributed by atoms with Gasteiger partial charge in [0.2, 0.25) is 11.9 Å². The topological polar surface area (TPSA) is 80.0 Å². The van der Waals surface area contributed by atoms with Crippen LogP contribution in [0, 0.1) is 5.82 Å². The first-order chi connectivity index (χ1) is 8.31. The number of benzene rings is 1. The van der Waals surface area contributed by atoms with Crippen molar-refractivity contribution in [3.63, 3.8) is 0 Å². The summed E-state index contributed by atoms with van der Waals surface area (Å²) < 4.78 is 13.9. The highest BCUT2D eigenvalue weighted by Crippen LogP contribution is 2.30. The van der Waals surface area contributed by atoms with Crippen LogP contribution >= 0.6 is 11.6 Å². The van der Waals surface area contributed by atoms with E-state index in [1.165, 1.54) is 17.0 Å². The number of hydrogen-bond donors (Lipinski definition) is 2. The van der Waals surface area contributed by atoms with Crippen molar-refractivity contribution >= 4 is 29.2 Å². The molecule has 0 atom stereocenters. The molecule has 0 amide bonds. The molecule has 0 spiro atoms. The van der Waals surface area contributed by atoms with Crippen molar-refractivity contribution < 1.29 is 4.39 Å². The summed E-state index contributed by atoms with van der Waals surface area (Å²) in [6.45, 7) is 3.52. The molecule has 7 heteroatoms. The molecule has 0 saturated heterocycles. The summed E-state index contributed by atoms with van der Waals surface area (Å²) in [7, 11) is 0. The van der Waals surface area contributed by atoms with Crippen LogP contribution in [0.1, 0.15) is 13.8 Å². The molecule has 18 heavy (non-hydrogen) atoms. The molecule has 5 nitrogen and oxygen atoms in total. The van der Waals surface area contributed by atoms with Gasteiger partial charge in [0.05, 0.1) is 5.69 Å². The van der Waals surface area contributed by atoms with Gasteiger partial charge in [0.15, 0.2) is 0 Å². The quantitative estimate of drug-likeness (QED) is 0.814. The zero-order chi connectivity index (χ0) is 13.5. The van der Waals surface area contributed by atoms with Crippen molar-refractivity contribution in [1.82, 2.24) is 0 Å². The summed E-state index contributed by atoms with van der Waals surface area (Å²) in [4.78, 5) is 9.45. The van der Waals surface area contributed by atoms with Crippen molar-refractivity contribution in [2.75, 3.05) is 4.90 Å². The number of rotatable bonds is 1. The predicted molar refractivity (Wildman–Crippen MR) is 71.2 cm³/mol. The van der Waals surface area contributed by atoms with Gasteiger partial charge in [-0.3, -0.25) is 4.90 Å². The third-order valence-corrected chi connectivity index (χ3v) is 2.78. The lowest BCUT2D eigenvalue weighted by atomic mass is 10.1. The average Bonchev–Trinajstić information content (AvgIpc) is 2.18. The van der Waals surface area contributed by atoms with Crippen molar-refractivity contribution in [1.29, 1.82) is 0 Å². The minimum atomic E-state index is -0.815. The molecule has 1 aliphatic rings. The fourth-order valence-electron chi connectivity index (χ4n) is 1.88. The monoisotopic (exact) mass is 269 g/mol. The van der Waals surface area contributed by atoms with Gasteiger partial charge < -0.3 is 11.5 Å². The minimum Gasteiger partial charge on any atom is -0.369 e. The Labute approximate surface area is 109 Å². The van der Waals surface area contributed by atoms with Crippen LogP contribution in [0.15, 0.2) is 28.2 Å². The first-order valence-electron chi connectivity index (χ1n) is 5.26. The van der Waals surface area contributed by atoms with Crippen LogP contribution in [0.3, 0.4) is 0 Å². The summed E-state index contributed by atoms with van der Waals surface area (Å²) >= 11 is 5.72. The number of hydrogen-bond acceptors (Lipinski definition) is 5. The normalized spacial score (nSPS) is 18.3. The SMILES string of the molecule is CC1(C)N=C(N)N=C(N)N1c1ccc(Cl)cc1F. The number of guanidine groups is 2. The highest BCUT2D eigenvalue weighted by Gasteiger charge is 2.34. The van der Waals surface area contributed by atoms with E-state index in [9.17, 15) is 4.39 Å². The molecule has 2 rings (SSSR count). The molecular formula is C11H13ClFN5. The summed E-state index contributed by atoms with van der Waals surface area (Å²) in [5.74, 6) is -0.332. The molecule has 0 saturated carbocycles. The molecule has 0 fully saturated rings. The zero-order valence-corrected chi connectivity index (χ0v) is 10.7. The Balaban J connectivity index is 2.53. The van der Waals surface area contributed by atoms with E-state index in [-0.39, 0.29) is 17.6 Å². The van der Waals surface area contributed by atoms with Gasteiger partial charge in [-0.1, -0.05) is 11.6 Å². The summed E-state index contributed by atoms with van der Waals surface area (Å²) in [6, 6.07) is 4.31. The molecule has 96 valence electrons. The van der Waals surface area contributed by atoms with Crippen molar-refractivity contribution in [3.8, 4) is 0 Å². The van der Waals surface area contributed by atoms with Crippen LogP contribution in [-0.4, -0.2) is 17.6 Å². The van der Waals surface area contributed by atoms with Crippen LogP contribution in [0.2, 0.25) is 5.02 Å². The molecule has 0 bridgehead atoms. The second-order valence-electron chi connectivity index (χ2n) is 4.37. The smallest absolute Gasteiger partial charge is 0.220 e. The van der Waals surface area contributed by atoms with E-state index < -0.39 is 11.5 Å². The van der Waals surface area contributed by atoms with E-state index in [1.54, 1.807) is 19.9 Å². The third kappa shape index (κ3) is 2.11. The van der Waals surface area contributed by atoms with Gasteiger partial charge in [0.1, 0.15) is 11.5 Å². The number of nitrogens with zero attached hydrogens (tertiary/aromatic N) is 3. The molecule has 1 heterocycles. The molecule has 1 aromatic rings. The summed E-state index contributed by atoms with van der Waals surface area (Å²) in [5.41, 5.74) is 10.8. The van der Waals surface area contributed by atoms with Gasteiger partial charge >= 0.3 is 0 Å². The van der Waals surface area contributed by atoms with E-state index in [1.807, 2.05) is 0 Å². The van der Waals surface area contributed by atoms with Crippen molar-refractivity contribution in [3.05, 3.63) is 29.0 Å². The highest BCUT2D eigenvalue weighted by atomic mass is 35.5. The molecule has 1 aromatic carbocycles. The van der Waals surface area contributed by atoms with E-state index in [0.29, 0.717) is 5.02 Å². The Morgan fingerprint density at radius 3 is 2.56 bits per heavy atom. The summed E-state index contributed by atoms with van der Waals surface area (Å²) in [6.07, 6.45) is 0. The highest BCUT2D eigenvalue weighted by molar-refractivity contribution is 6.30. The largest absolute Gasteiger partial charge is 0.369 e. The Kier molecular flexibility index (Phi) is 2.90. The number of nitrogens with two attached hydrogens (primary N) is 2. The lowest BCUT2D eigenvalue weighted by Gasteiger charge is -2.38. The van der Waals surface area contributed by atoms with Crippen LogP contribution in [0.4, 0.5) is 10.1 Å². The molecular weight excluding hydrogens is 257 g/mol. The fraction of sp³-hybridized carbons (Fsp3) is 0.273. The van der Waals surface area contributed by atoms with Gasteiger partial charge in [-0.25, -0.2) is 9.38 Å². The Morgan fingerprint density at radius 2 is 2.00 bits per heavy atom. The lowest BCUT2D eigenvalue weighted by molar-refractivity contribution is 0.520. The van der Waals surface area contributed by atoms with Gasteiger partial charge in [0, 0.05) is 5.02 Å². The second-order valence-corrected chi connectivity index (χ2v) is 4.80. The average molecular weight is 270 g/mol. The van der Waals surface area contributed by atoms with Crippen LogP contribution in [0.5, 0.6) is 0 Å². The maximum Gasteiger partial charge on any atom is 0.220 e. The van der Waals surface area contributed by atoms with Gasteiger partial charge in [-0.2, -0.15) is 4.99 Å². The van der Waals surface area contributed by atoms with Gasteiger partial charge in [-0.15, -0.1) is 0 Å². The zero-order valence-electron chi connectivity index (χ0n) is 9.98. The van der Waals surface area contributed by atoms with Crippen LogP contribution in [0.25, 0.3) is 0 Å². The fourth-order valence-corrected chi connectivity index (χ4v) is 2.04. The third-order valence-electron chi connectivity index (χ3n) is 2.54. The molecule has 0 aromatic heterocycles. The Hall–Kier alpha value is -1.82. The standard InChI is InChI=1S/C11H13ClFN5/c1-11(2)17-9(14)16-10(15)18(11)8-4-3-6(12)5-7(8)13/h3-5H,1-2H3,(H4,14,15,16,17). The van der Waals surface area contributed by atoms with E-state index in [2.05, 4.69) is 9.98 Å². The molecule has 0 radical (unpaired) electrons. The lowest BCUT2D eigenvalue weighted by Crippen LogP contribution is -2.54. The second kappa shape index (κ2) is 4.13. The Bertz CT molecular complexity index is 552. The maximum absolute atomic E-state index is 13.9. The Morgan fingerprint density at radius 1 is 1.33 bits per heavy atom. The van der Waals surface area contributed by atoms with Crippen LogP contribution in [-0.2, 0) is 0 Å². The first-order valence-corrected chi connectivity index (χ1v) is 5.64. The first kappa shape index (κ1) is 12.6. The predicted octanol–water partition coefficient (Wildman–Crippen LogP) is 1.66. The van der Waals surface area contributed by atoms with Crippen molar-refractivity contribution in [2.24, 2.45) is 21.5 Å². The number of aliphatic imine (C=N–C) groups is 2. The van der Waals surface area contributed by atoms with E-state index in [0.717, 1.165) is 0 Å². The van der Waals surface area contributed by atoms with E-state index in [4.69, 9.17) is 23.1 Å². The van der Waals surface area contributed by atoms with E-state index >= 15 is 0 Å². The molecule has 1 aliphatic heterocycles. The molecule has 0 unspecified atom stereocenters. The summed E-state index contributed by atoms with van der Waals surface area (Å²) in [5, 5.41) is 0.310. The number of anilines is 1. The molecule has 0 aliphatic carbocycles. The maximum atomic E-state index is 13.9. The van der Waals surface area contributed by atoms with Crippen molar-refractivity contribution in [2.45, 2.75) is 19.5 Å². The minimum absolute atomic E-state index is 0.0723. The number of halogens is 2. The van der Waals surface area contributed by atoms with Crippen LogP contribution < -0.4 is 16.4 Å². The van der Waals surface area contributed by atoms with Gasteiger partial charge in [-0.05, 0) is 32.0 Å². The van der Waals surface area contributed by atoms with Gasteiger partial charge in [0.25, 0.3) is 0 Å². The molecule has 4 N–H and O–H groups in total.